The summed E-state index contributed by atoms with van der Waals surface area (Å²) in [7, 11) is 0. The van der Waals surface area contributed by atoms with E-state index in [0.29, 0.717) is 0 Å². The summed E-state index contributed by atoms with van der Waals surface area (Å²) in [5.41, 5.74) is 9.79. The summed E-state index contributed by atoms with van der Waals surface area (Å²) in [4.78, 5) is 2.53. The van der Waals surface area contributed by atoms with E-state index in [1.165, 1.54) is 55.6 Å². The molecule has 2 nitrogen and oxygen atoms in total. The first kappa shape index (κ1) is 16.0. The van der Waals surface area contributed by atoms with Crippen LogP contribution in [0.2, 0.25) is 0 Å². The van der Waals surface area contributed by atoms with Crippen molar-refractivity contribution in [2.24, 2.45) is 5.73 Å². The molecule has 0 atom stereocenters. The molecule has 2 N–H and O–H groups in total. The van der Waals surface area contributed by atoms with Crippen molar-refractivity contribution in [3.05, 3.63) is 29.3 Å². The van der Waals surface area contributed by atoms with Crippen LogP contribution in [0.1, 0.15) is 50.7 Å². The van der Waals surface area contributed by atoms with Crippen LogP contribution in [0.5, 0.6) is 0 Å². The van der Waals surface area contributed by atoms with E-state index in [4.69, 9.17) is 5.73 Å². The zero-order valence-electron chi connectivity index (χ0n) is 12.9. The van der Waals surface area contributed by atoms with Gasteiger partial charge in [0.15, 0.2) is 0 Å². The summed E-state index contributed by atoms with van der Waals surface area (Å²) >= 11 is 0. The predicted molar refractivity (Wildman–Crippen MR) is 86.0 cm³/mol. The lowest BCUT2D eigenvalue weighted by atomic mass is 10.0. The van der Waals surface area contributed by atoms with Gasteiger partial charge in [0.25, 0.3) is 0 Å². The highest BCUT2D eigenvalue weighted by molar-refractivity contribution is 5.51. The van der Waals surface area contributed by atoms with Gasteiger partial charge in [-0.1, -0.05) is 32.8 Å². The maximum atomic E-state index is 5.65. The minimum absolute atomic E-state index is 0.732. The number of rotatable bonds is 9. The van der Waals surface area contributed by atoms with Crippen molar-refractivity contribution >= 4 is 5.69 Å². The van der Waals surface area contributed by atoms with Crippen LogP contribution in [0.15, 0.2) is 18.2 Å². The third-order valence-corrected chi connectivity index (χ3v) is 3.67. The van der Waals surface area contributed by atoms with Crippen molar-refractivity contribution in [1.29, 1.82) is 0 Å². The van der Waals surface area contributed by atoms with Gasteiger partial charge in [0.05, 0.1) is 0 Å². The Bertz CT molecular complexity index is 352. The number of nitrogens with two attached hydrogens (primary N) is 1. The van der Waals surface area contributed by atoms with Crippen LogP contribution < -0.4 is 10.6 Å². The van der Waals surface area contributed by atoms with Crippen molar-refractivity contribution in [3.63, 3.8) is 0 Å². The number of unbranched alkanes of at least 4 members (excludes halogenated alkanes) is 2. The average Bonchev–Trinajstić information content (AvgIpc) is 2.41. The molecule has 0 amide bonds. The molecule has 0 heterocycles. The van der Waals surface area contributed by atoms with Gasteiger partial charge < -0.3 is 10.6 Å². The van der Waals surface area contributed by atoms with Crippen molar-refractivity contribution < 1.29 is 0 Å². The van der Waals surface area contributed by atoms with E-state index < -0.39 is 0 Å². The Kier molecular flexibility index (Phi) is 7.57. The van der Waals surface area contributed by atoms with E-state index in [1.807, 2.05) is 0 Å². The average molecular weight is 262 g/mol. The van der Waals surface area contributed by atoms with Gasteiger partial charge in [-0.15, -0.1) is 0 Å². The van der Waals surface area contributed by atoms with Gasteiger partial charge in [-0.3, -0.25) is 0 Å². The highest BCUT2D eigenvalue weighted by Crippen LogP contribution is 2.20. The second kappa shape index (κ2) is 8.98. The first-order valence-corrected chi connectivity index (χ1v) is 7.77. The maximum Gasteiger partial charge on any atom is 0.0369 e. The normalized spacial score (nSPS) is 10.7. The van der Waals surface area contributed by atoms with Crippen molar-refractivity contribution in [2.75, 3.05) is 24.5 Å². The second-order valence-corrected chi connectivity index (χ2v) is 5.34. The van der Waals surface area contributed by atoms with Gasteiger partial charge >= 0.3 is 0 Å². The fourth-order valence-electron chi connectivity index (χ4n) is 2.38. The predicted octanol–water partition coefficient (Wildman–Crippen LogP) is 3.90. The lowest BCUT2D eigenvalue weighted by Crippen LogP contribution is -2.25. The van der Waals surface area contributed by atoms with Gasteiger partial charge in [-0.05, 0) is 56.0 Å². The van der Waals surface area contributed by atoms with Crippen molar-refractivity contribution in [3.8, 4) is 0 Å². The third-order valence-electron chi connectivity index (χ3n) is 3.67. The summed E-state index contributed by atoms with van der Waals surface area (Å²) in [5, 5.41) is 0. The summed E-state index contributed by atoms with van der Waals surface area (Å²) < 4.78 is 0. The van der Waals surface area contributed by atoms with Crippen LogP contribution in [0, 0.1) is 6.92 Å². The molecule has 1 aromatic rings. The second-order valence-electron chi connectivity index (χ2n) is 5.34. The molecule has 0 aliphatic heterocycles. The molecule has 0 aliphatic carbocycles. The Hall–Kier alpha value is -1.02. The Morgan fingerprint density at radius 3 is 2.16 bits per heavy atom. The molecule has 108 valence electrons. The fraction of sp³-hybridized carbons (Fsp3) is 0.647. The Labute approximate surface area is 119 Å². The van der Waals surface area contributed by atoms with Gasteiger partial charge in [-0.25, -0.2) is 0 Å². The van der Waals surface area contributed by atoms with Gasteiger partial charge in [0, 0.05) is 18.8 Å². The number of hydrogen-bond acceptors (Lipinski definition) is 2. The summed E-state index contributed by atoms with van der Waals surface area (Å²) in [5.74, 6) is 0. The van der Waals surface area contributed by atoms with Gasteiger partial charge in [-0.2, -0.15) is 0 Å². The lowest BCUT2D eigenvalue weighted by Gasteiger charge is -2.25. The van der Waals surface area contributed by atoms with Crippen LogP contribution >= 0.6 is 0 Å². The quantitative estimate of drug-likeness (QED) is 0.731. The topological polar surface area (TPSA) is 29.3 Å². The standard InChI is InChI=1S/C17H30N2/c1-4-6-12-19(13-7-5-2)17-9-8-16(10-11-18)15(3)14-17/h8-9,14H,4-7,10-13,18H2,1-3H3. The van der Waals surface area contributed by atoms with E-state index in [2.05, 4.69) is 43.9 Å². The maximum absolute atomic E-state index is 5.65. The number of benzene rings is 1. The van der Waals surface area contributed by atoms with Gasteiger partial charge in [0.2, 0.25) is 0 Å². The Balaban J connectivity index is 2.79. The molecule has 0 radical (unpaired) electrons. The first-order chi connectivity index (χ1) is 9.22. The molecular weight excluding hydrogens is 232 g/mol. The lowest BCUT2D eigenvalue weighted by molar-refractivity contribution is 0.677. The fourth-order valence-corrected chi connectivity index (χ4v) is 2.38. The van der Waals surface area contributed by atoms with Crippen LogP contribution in [0.4, 0.5) is 5.69 Å². The number of aryl methyl sites for hydroxylation is 1. The molecule has 0 saturated heterocycles. The van der Waals surface area contributed by atoms with Crippen LogP contribution in [-0.2, 0) is 6.42 Å². The smallest absolute Gasteiger partial charge is 0.0369 e. The molecule has 0 saturated carbocycles. The first-order valence-electron chi connectivity index (χ1n) is 7.77. The minimum atomic E-state index is 0.732. The molecule has 1 rings (SSSR count). The molecule has 2 heteroatoms. The van der Waals surface area contributed by atoms with Crippen molar-refractivity contribution in [2.45, 2.75) is 52.9 Å². The zero-order chi connectivity index (χ0) is 14.1. The molecule has 19 heavy (non-hydrogen) atoms. The van der Waals surface area contributed by atoms with E-state index in [-0.39, 0.29) is 0 Å². The summed E-state index contributed by atoms with van der Waals surface area (Å²) in [6.45, 7) is 9.79. The molecule has 0 spiro atoms. The molecule has 0 unspecified atom stereocenters. The Morgan fingerprint density at radius 1 is 1.05 bits per heavy atom. The molecular formula is C17H30N2. The highest BCUT2D eigenvalue weighted by Gasteiger charge is 2.07. The van der Waals surface area contributed by atoms with Crippen LogP contribution in [0.25, 0.3) is 0 Å². The zero-order valence-corrected chi connectivity index (χ0v) is 12.9. The molecule has 0 aliphatic rings. The van der Waals surface area contributed by atoms with Gasteiger partial charge in [0.1, 0.15) is 0 Å². The molecule has 0 aromatic heterocycles. The van der Waals surface area contributed by atoms with E-state index in [1.54, 1.807) is 0 Å². The number of nitrogens with zero attached hydrogens (tertiary/aromatic N) is 1. The molecule has 0 bridgehead atoms. The van der Waals surface area contributed by atoms with Crippen molar-refractivity contribution in [1.82, 2.24) is 0 Å². The monoisotopic (exact) mass is 262 g/mol. The highest BCUT2D eigenvalue weighted by atomic mass is 15.1. The van der Waals surface area contributed by atoms with Crippen LogP contribution in [-0.4, -0.2) is 19.6 Å². The summed E-state index contributed by atoms with van der Waals surface area (Å²) in [6.07, 6.45) is 6.04. The number of anilines is 1. The minimum Gasteiger partial charge on any atom is -0.372 e. The number of hydrogen-bond donors (Lipinski definition) is 1. The largest absolute Gasteiger partial charge is 0.372 e. The summed E-state index contributed by atoms with van der Waals surface area (Å²) in [6, 6.07) is 6.85. The van der Waals surface area contributed by atoms with Crippen LogP contribution in [0.3, 0.4) is 0 Å². The molecule has 1 aromatic carbocycles. The SMILES string of the molecule is CCCCN(CCCC)c1ccc(CCN)c(C)c1. The van der Waals surface area contributed by atoms with E-state index >= 15 is 0 Å². The Morgan fingerprint density at radius 2 is 1.68 bits per heavy atom. The van der Waals surface area contributed by atoms with E-state index in [9.17, 15) is 0 Å². The van der Waals surface area contributed by atoms with E-state index in [0.717, 1.165) is 13.0 Å². The third kappa shape index (κ3) is 5.23. The molecule has 0 fully saturated rings.